The largest absolute Gasteiger partial charge is 0.308 e. The highest BCUT2D eigenvalue weighted by molar-refractivity contribution is 6.05. The zero-order chi connectivity index (χ0) is 13.7. The highest BCUT2D eigenvalue weighted by atomic mass is 14.4. The van der Waals surface area contributed by atoms with Crippen LogP contribution in [0.1, 0.15) is 28.7 Å². The molecule has 0 atom stereocenters. The van der Waals surface area contributed by atoms with Gasteiger partial charge in [-0.2, -0.15) is 0 Å². The Hall–Kier alpha value is -2.22. The summed E-state index contributed by atoms with van der Waals surface area (Å²) in [6, 6.07) is 16.1. The van der Waals surface area contributed by atoms with Crippen molar-refractivity contribution in [2.24, 2.45) is 0 Å². The molecule has 0 saturated carbocycles. The van der Waals surface area contributed by atoms with Crippen LogP contribution in [0.5, 0.6) is 0 Å². The lowest BCUT2D eigenvalue weighted by molar-refractivity contribution is 1.03. The molecule has 2 nitrogen and oxygen atoms in total. The minimum atomic E-state index is 0.603. The summed E-state index contributed by atoms with van der Waals surface area (Å²) < 4.78 is 0. The third-order valence-electron chi connectivity index (χ3n) is 3.30. The molecule has 0 unspecified atom stereocenters. The maximum atomic E-state index is 8.22. The fourth-order valence-corrected chi connectivity index (χ4v) is 2.18. The van der Waals surface area contributed by atoms with Gasteiger partial charge in [-0.05, 0) is 30.9 Å². The molecule has 0 aromatic heterocycles. The van der Waals surface area contributed by atoms with Crippen LogP contribution in [0.4, 0.5) is 0 Å². The predicted octanol–water partition coefficient (Wildman–Crippen LogP) is 3.99. The van der Waals surface area contributed by atoms with Crippen LogP contribution in [0.3, 0.4) is 0 Å². The number of aryl methyl sites for hydroxylation is 2. The standard InChI is InChI=1S/C17H18N2/c1-13-6-5-9-15(16(13)12-18)17(19)11-10-14-7-3-2-4-8-14/h2-9,12,18-19H,10-11H2,1H3. The van der Waals surface area contributed by atoms with E-state index in [2.05, 4.69) is 12.1 Å². The van der Waals surface area contributed by atoms with Crippen molar-refractivity contribution in [1.29, 1.82) is 10.8 Å². The van der Waals surface area contributed by atoms with Crippen LogP contribution in [-0.4, -0.2) is 11.9 Å². The van der Waals surface area contributed by atoms with E-state index >= 15 is 0 Å². The van der Waals surface area contributed by atoms with Crippen LogP contribution in [0.2, 0.25) is 0 Å². The first-order valence-electron chi connectivity index (χ1n) is 6.44. The van der Waals surface area contributed by atoms with E-state index in [1.165, 1.54) is 11.8 Å². The summed E-state index contributed by atoms with van der Waals surface area (Å²) in [7, 11) is 0. The molecule has 2 aromatic rings. The van der Waals surface area contributed by atoms with Gasteiger partial charge in [0.15, 0.2) is 0 Å². The van der Waals surface area contributed by atoms with Crippen molar-refractivity contribution in [3.63, 3.8) is 0 Å². The minimum absolute atomic E-state index is 0.603. The van der Waals surface area contributed by atoms with Crippen molar-refractivity contribution >= 4 is 11.9 Å². The lowest BCUT2D eigenvalue weighted by Gasteiger charge is -2.10. The molecule has 0 heterocycles. The Morgan fingerprint density at radius 2 is 1.79 bits per heavy atom. The monoisotopic (exact) mass is 250 g/mol. The molecule has 2 rings (SSSR count). The summed E-state index contributed by atoms with van der Waals surface area (Å²) in [5, 5.41) is 15.7. The first kappa shape index (κ1) is 13.2. The quantitative estimate of drug-likeness (QED) is 0.754. The summed E-state index contributed by atoms with van der Waals surface area (Å²) in [5.74, 6) is 0. The van der Waals surface area contributed by atoms with E-state index in [1.54, 1.807) is 0 Å². The lowest BCUT2D eigenvalue weighted by atomic mass is 9.95. The zero-order valence-electron chi connectivity index (χ0n) is 11.1. The molecule has 2 N–H and O–H groups in total. The van der Waals surface area contributed by atoms with E-state index in [0.717, 1.165) is 23.1 Å². The first-order chi connectivity index (χ1) is 9.22. The molecular weight excluding hydrogens is 232 g/mol. The Bertz CT molecular complexity index is 585. The Morgan fingerprint density at radius 1 is 1.05 bits per heavy atom. The SMILES string of the molecule is Cc1cccc(C(=N)CCc2ccccc2)c1C=N. The molecule has 0 saturated heterocycles. The van der Waals surface area contributed by atoms with E-state index in [9.17, 15) is 0 Å². The molecule has 2 heteroatoms. The second-order valence-electron chi connectivity index (χ2n) is 4.64. The van der Waals surface area contributed by atoms with Crippen molar-refractivity contribution < 1.29 is 0 Å². The van der Waals surface area contributed by atoms with Gasteiger partial charge in [-0.25, -0.2) is 0 Å². The summed E-state index contributed by atoms with van der Waals surface area (Å²) in [5.41, 5.74) is 4.64. The van der Waals surface area contributed by atoms with Crippen LogP contribution < -0.4 is 0 Å². The maximum Gasteiger partial charge on any atom is 0.0396 e. The number of benzene rings is 2. The topological polar surface area (TPSA) is 47.7 Å². The fraction of sp³-hybridized carbons (Fsp3) is 0.176. The molecule has 2 aromatic carbocycles. The number of nitrogens with one attached hydrogen (secondary N) is 2. The van der Waals surface area contributed by atoms with Crippen LogP contribution >= 0.6 is 0 Å². The van der Waals surface area contributed by atoms with Crippen LogP contribution in [0, 0.1) is 17.7 Å². The minimum Gasteiger partial charge on any atom is -0.308 e. The predicted molar refractivity (Wildman–Crippen MR) is 80.7 cm³/mol. The van der Waals surface area contributed by atoms with E-state index in [-0.39, 0.29) is 0 Å². The van der Waals surface area contributed by atoms with Crippen molar-refractivity contribution in [3.05, 3.63) is 70.8 Å². The van der Waals surface area contributed by atoms with Gasteiger partial charge < -0.3 is 10.8 Å². The third-order valence-corrected chi connectivity index (χ3v) is 3.30. The Morgan fingerprint density at radius 3 is 2.47 bits per heavy atom. The molecule has 19 heavy (non-hydrogen) atoms. The van der Waals surface area contributed by atoms with Gasteiger partial charge in [-0.3, -0.25) is 0 Å². The van der Waals surface area contributed by atoms with Gasteiger partial charge in [0.2, 0.25) is 0 Å². The number of rotatable bonds is 5. The number of hydrogen-bond acceptors (Lipinski definition) is 2. The Balaban J connectivity index is 2.13. The van der Waals surface area contributed by atoms with Crippen molar-refractivity contribution in [2.75, 3.05) is 0 Å². The van der Waals surface area contributed by atoms with Gasteiger partial charge in [-0.15, -0.1) is 0 Å². The van der Waals surface area contributed by atoms with E-state index in [0.29, 0.717) is 12.1 Å². The lowest BCUT2D eigenvalue weighted by Crippen LogP contribution is -2.06. The molecular formula is C17H18N2. The zero-order valence-corrected chi connectivity index (χ0v) is 11.1. The Kier molecular flexibility index (Phi) is 4.24. The van der Waals surface area contributed by atoms with E-state index in [1.807, 2.05) is 43.3 Å². The smallest absolute Gasteiger partial charge is 0.0396 e. The molecule has 0 fully saturated rings. The van der Waals surface area contributed by atoms with Crippen LogP contribution in [0.25, 0.3) is 0 Å². The molecule has 0 bridgehead atoms. The molecule has 0 amide bonds. The van der Waals surface area contributed by atoms with Gasteiger partial charge in [0.05, 0.1) is 0 Å². The second kappa shape index (κ2) is 6.10. The molecule has 0 aliphatic carbocycles. The summed E-state index contributed by atoms with van der Waals surface area (Å²) >= 11 is 0. The van der Waals surface area contributed by atoms with Gasteiger partial charge in [0.25, 0.3) is 0 Å². The van der Waals surface area contributed by atoms with Crippen molar-refractivity contribution in [3.8, 4) is 0 Å². The van der Waals surface area contributed by atoms with Crippen molar-refractivity contribution in [1.82, 2.24) is 0 Å². The normalized spacial score (nSPS) is 10.2. The average Bonchev–Trinajstić information content (AvgIpc) is 2.45. The van der Waals surface area contributed by atoms with Crippen molar-refractivity contribution in [2.45, 2.75) is 19.8 Å². The second-order valence-corrected chi connectivity index (χ2v) is 4.64. The summed E-state index contributed by atoms with van der Waals surface area (Å²) in [6.45, 7) is 1.98. The van der Waals surface area contributed by atoms with Gasteiger partial charge in [0.1, 0.15) is 0 Å². The van der Waals surface area contributed by atoms with E-state index < -0.39 is 0 Å². The van der Waals surface area contributed by atoms with Gasteiger partial charge in [0, 0.05) is 23.1 Å². The van der Waals surface area contributed by atoms with Crippen LogP contribution in [-0.2, 0) is 6.42 Å². The Labute approximate surface area is 114 Å². The molecule has 0 aliphatic rings. The summed E-state index contributed by atoms with van der Waals surface area (Å²) in [4.78, 5) is 0. The third kappa shape index (κ3) is 3.16. The molecule has 96 valence electrons. The molecule has 0 spiro atoms. The van der Waals surface area contributed by atoms with Gasteiger partial charge >= 0.3 is 0 Å². The first-order valence-corrected chi connectivity index (χ1v) is 6.44. The summed E-state index contributed by atoms with van der Waals surface area (Å²) in [6.07, 6.45) is 2.92. The van der Waals surface area contributed by atoms with Crippen LogP contribution in [0.15, 0.2) is 48.5 Å². The molecule has 0 aliphatic heterocycles. The highest BCUT2D eigenvalue weighted by Gasteiger charge is 2.08. The maximum absolute atomic E-state index is 8.22. The average molecular weight is 250 g/mol. The molecule has 0 radical (unpaired) electrons. The number of hydrogen-bond donors (Lipinski definition) is 2. The van der Waals surface area contributed by atoms with E-state index in [4.69, 9.17) is 10.8 Å². The fourth-order valence-electron chi connectivity index (χ4n) is 2.18. The highest BCUT2D eigenvalue weighted by Crippen LogP contribution is 2.15. The van der Waals surface area contributed by atoms with Gasteiger partial charge in [-0.1, -0.05) is 48.5 Å².